The van der Waals surface area contributed by atoms with Gasteiger partial charge in [0.2, 0.25) is 5.56 Å². The number of amides is 1. The van der Waals surface area contributed by atoms with Gasteiger partial charge in [-0.3, -0.25) is 9.59 Å². The molecule has 0 fully saturated rings. The highest BCUT2D eigenvalue weighted by atomic mass is 16.1. The zero-order valence-electron chi connectivity index (χ0n) is 15.5. The van der Waals surface area contributed by atoms with Crippen LogP contribution in [-0.2, 0) is 13.0 Å². The van der Waals surface area contributed by atoms with Crippen molar-refractivity contribution in [3.05, 3.63) is 94.3 Å². The monoisotopic (exact) mass is 372 g/mol. The van der Waals surface area contributed by atoms with Crippen molar-refractivity contribution in [2.24, 2.45) is 0 Å². The molecule has 0 radical (unpaired) electrons. The molecule has 0 bridgehead atoms. The molecule has 0 saturated carbocycles. The number of hydrogen-bond donors (Lipinski definition) is 2. The predicted octanol–water partition coefficient (Wildman–Crippen LogP) is 3.59. The fourth-order valence-electron chi connectivity index (χ4n) is 3.26. The number of aryl methyl sites for hydroxylation is 1. The van der Waals surface area contributed by atoms with Crippen LogP contribution in [0, 0.1) is 0 Å². The first-order valence-corrected chi connectivity index (χ1v) is 9.14. The summed E-state index contributed by atoms with van der Waals surface area (Å²) in [4.78, 5) is 31.2. The van der Waals surface area contributed by atoms with Crippen LogP contribution in [-0.4, -0.2) is 20.4 Å². The molecule has 2 aromatic heterocycles. The summed E-state index contributed by atoms with van der Waals surface area (Å²) >= 11 is 0. The Kier molecular flexibility index (Phi) is 4.76. The van der Waals surface area contributed by atoms with Gasteiger partial charge in [-0.1, -0.05) is 25.1 Å². The SMILES string of the molecule is CCc1cc(=O)[nH]c2cc(NC(=O)c3ccc(Cn4ccnc4)cc3)ccc12. The first kappa shape index (κ1) is 17.7. The maximum Gasteiger partial charge on any atom is 0.255 e. The van der Waals surface area contributed by atoms with E-state index in [-0.39, 0.29) is 11.5 Å². The van der Waals surface area contributed by atoms with Crippen LogP contribution in [0.1, 0.15) is 28.4 Å². The highest BCUT2D eigenvalue weighted by Gasteiger charge is 2.08. The lowest BCUT2D eigenvalue weighted by molar-refractivity contribution is 0.102. The largest absolute Gasteiger partial charge is 0.333 e. The Hall–Kier alpha value is -3.67. The number of aromatic amines is 1. The maximum absolute atomic E-state index is 12.6. The minimum atomic E-state index is -0.192. The summed E-state index contributed by atoms with van der Waals surface area (Å²) < 4.78 is 1.97. The van der Waals surface area contributed by atoms with Crippen LogP contribution in [0.15, 0.2) is 72.0 Å². The Balaban J connectivity index is 1.52. The van der Waals surface area contributed by atoms with Gasteiger partial charge in [0.05, 0.1) is 11.8 Å². The number of H-pyrrole nitrogens is 1. The molecule has 0 aliphatic rings. The molecule has 4 rings (SSSR count). The molecule has 2 aromatic carbocycles. The van der Waals surface area contributed by atoms with E-state index in [1.54, 1.807) is 36.8 Å². The molecule has 0 aliphatic carbocycles. The number of anilines is 1. The smallest absolute Gasteiger partial charge is 0.255 e. The zero-order chi connectivity index (χ0) is 19.5. The maximum atomic E-state index is 12.6. The predicted molar refractivity (Wildman–Crippen MR) is 110 cm³/mol. The molecule has 6 nitrogen and oxygen atoms in total. The fraction of sp³-hybridized carbons (Fsp3) is 0.136. The zero-order valence-corrected chi connectivity index (χ0v) is 15.5. The third kappa shape index (κ3) is 3.71. The summed E-state index contributed by atoms with van der Waals surface area (Å²) in [5.74, 6) is -0.192. The molecule has 1 amide bonds. The Bertz CT molecular complexity index is 1180. The number of rotatable bonds is 5. The van der Waals surface area contributed by atoms with E-state index in [9.17, 15) is 9.59 Å². The van der Waals surface area contributed by atoms with Crippen LogP contribution >= 0.6 is 0 Å². The van der Waals surface area contributed by atoms with E-state index in [0.717, 1.165) is 28.5 Å². The third-order valence-corrected chi connectivity index (χ3v) is 4.71. The van der Waals surface area contributed by atoms with Crippen molar-refractivity contribution in [1.29, 1.82) is 0 Å². The van der Waals surface area contributed by atoms with Crippen molar-refractivity contribution in [3.8, 4) is 0 Å². The minimum Gasteiger partial charge on any atom is -0.333 e. The molecule has 2 N–H and O–H groups in total. The molecule has 140 valence electrons. The van der Waals surface area contributed by atoms with Crippen LogP contribution < -0.4 is 10.9 Å². The van der Waals surface area contributed by atoms with Gasteiger partial charge in [-0.05, 0) is 41.8 Å². The van der Waals surface area contributed by atoms with E-state index >= 15 is 0 Å². The minimum absolute atomic E-state index is 0.138. The van der Waals surface area contributed by atoms with Gasteiger partial charge in [0.1, 0.15) is 0 Å². The Morgan fingerprint density at radius 1 is 1.14 bits per heavy atom. The Morgan fingerprint density at radius 2 is 1.96 bits per heavy atom. The van der Waals surface area contributed by atoms with Crippen molar-refractivity contribution in [2.45, 2.75) is 19.9 Å². The first-order chi connectivity index (χ1) is 13.6. The molecule has 0 aliphatic heterocycles. The van der Waals surface area contributed by atoms with Crippen LogP contribution in [0.2, 0.25) is 0 Å². The second-order valence-electron chi connectivity index (χ2n) is 6.66. The lowest BCUT2D eigenvalue weighted by Crippen LogP contribution is -2.12. The standard InChI is InChI=1S/C22H20N4O2/c1-2-16-11-21(27)25-20-12-18(7-8-19(16)20)24-22(28)17-5-3-15(4-6-17)13-26-10-9-23-14-26/h3-12,14H,2,13H2,1H3,(H,24,28)(H,25,27). The average Bonchev–Trinajstić information content (AvgIpc) is 3.20. The molecule has 4 aromatic rings. The Morgan fingerprint density at radius 3 is 2.68 bits per heavy atom. The number of carbonyl (C=O) groups is 1. The van der Waals surface area contributed by atoms with Gasteiger partial charge < -0.3 is 14.9 Å². The number of nitrogens with zero attached hydrogens (tertiary/aromatic N) is 2. The molecule has 28 heavy (non-hydrogen) atoms. The topological polar surface area (TPSA) is 79.8 Å². The highest BCUT2D eigenvalue weighted by Crippen LogP contribution is 2.20. The number of benzene rings is 2. The molecule has 6 heteroatoms. The van der Waals surface area contributed by atoms with Crippen molar-refractivity contribution < 1.29 is 4.79 Å². The summed E-state index contributed by atoms with van der Waals surface area (Å²) in [6.07, 6.45) is 6.17. The lowest BCUT2D eigenvalue weighted by atomic mass is 10.1. The van der Waals surface area contributed by atoms with Crippen LogP contribution in [0.5, 0.6) is 0 Å². The van der Waals surface area contributed by atoms with E-state index in [2.05, 4.69) is 15.3 Å². The normalized spacial score (nSPS) is 10.9. The van der Waals surface area contributed by atoms with E-state index in [1.807, 2.05) is 42.0 Å². The first-order valence-electron chi connectivity index (χ1n) is 9.14. The fourth-order valence-corrected chi connectivity index (χ4v) is 3.26. The molecular formula is C22H20N4O2. The number of aromatic nitrogens is 3. The number of carbonyl (C=O) groups excluding carboxylic acids is 1. The molecular weight excluding hydrogens is 352 g/mol. The van der Waals surface area contributed by atoms with Gasteiger partial charge in [-0.25, -0.2) is 4.98 Å². The average molecular weight is 372 g/mol. The van der Waals surface area contributed by atoms with Gasteiger partial charge in [0.25, 0.3) is 5.91 Å². The summed E-state index contributed by atoms with van der Waals surface area (Å²) in [5.41, 5.74) is 3.88. The van der Waals surface area contributed by atoms with Crippen LogP contribution in [0.4, 0.5) is 5.69 Å². The number of hydrogen-bond acceptors (Lipinski definition) is 3. The molecule has 2 heterocycles. The van der Waals surface area contributed by atoms with Gasteiger partial charge in [0.15, 0.2) is 0 Å². The van der Waals surface area contributed by atoms with Crippen molar-refractivity contribution >= 4 is 22.5 Å². The number of fused-ring (bicyclic) bond motifs is 1. The van der Waals surface area contributed by atoms with Gasteiger partial charge in [0, 0.05) is 41.6 Å². The molecule has 0 saturated heterocycles. The van der Waals surface area contributed by atoms with Crippen LogP contribution in [0.25, 0.3) is 10.9 Å². The number of pyridine rings is 1. The molecule has 0 unspecified atom stereocenters. The number of nitrogens with one attached hydrogen (secondary N) is 2. The van der Waals surface area contributed by atoms with Gasteiger partial charge in [-0.2, -0.15) is 0 Å². The van der Waals surface area contributed by atoms with Gasteiger partial charge >= 0.3 is 0 Å². The lowest BCUT2D eigenvalue weighted by Gasteiger charge is -2.09. The summed E-state index contributed by atoms with van der Waals surface area (Å²) in [5, 5.41) is 3.89. The highest BCUT2D eigenvalue weighted by molar-refractivity contribution is 6.05. The summed E-state index contributed by atoms with van der Waals surface area (Å²) in [7, 11) is 0. The second kappa shape index (κ2) is 7.52. The third-order valence-electron chi connectivity index (χ3n) is 4.71. The molecule has 0 atom stereocenters. The van der Waals surface area contributed by atoms with Gasteiger partial charge in [-0.15, -0.1) is 0 Å². The van der Waals surface area contributed by atoms with E-state index < -0.39 is 0 Å². The molecule has 0 spiro atoms. The van der Waals surface area contributed by atoms with E-state index in [1.165, 1.54) is 0 Å². The summed E-state index contributed by atoms with van der Waals surface area (Å²) in [6.45, 7) is 2.72. The van der Waals surface area contributed by atoms with Crippen molar-refractivity contribution in [2.75, 3.05) is 5.32 Å². The van der Waals surface area contributed by atoms with Crippen molar-refractivity contribution in [3.63, 3.8) is 0 Å². The van der Waals surface area contributed by atoms with Crippen molar-refractivity contribution in [1.82, 2.24) is 14.5 Å². The summed E-state index contributed by atoms with van der Waals surface area (Å²) in [6, 6.07) is 14.7. The van der Waals surface area contributed by atoms with E-state index in [4.69, 9.17) is 0 Å². The number of imidazole rings is 1. The second-order valence-corrected chi connectivity index (χ2v) is 6.66. The Labute approximate surface area is 161 Å². The van der Waals surface area contributed by atoms with Crippen LogP contribution in [0.3, 0.4) is 0 Å². The quantitative estimate of drug-likeness (QED) is 0.562. The van der Waals surface area contributed by atoms with E-state index in [0.29, 0.717) is 17.8 Å².